The molecule has 0 atom stereocenters. The molecule has 0 bridgehead atoms. The fraction of sp³-hybridized carbons (Fsp3) is 0.333. The van der Waals surface area contributed by atoms with Gasteiger partial charge in [0.1, 0.15) is 0 Å². The Hall–Kier alpha value is -0.900. The van der Waals surface area contributed by atoms with Gasteiger partial charge in [-0.2, -0.15) is 0 Å². The van der Waals surface area contributed by atoms with Crippen LogP contribution in [0.1, 0.15) is 0 Å². The Morgan fingerprint density at radius 1 is 1.86 bits per heavy atom. The van der Waals surface area contributed by atoms with Crippen LogP contribution in [0.15, 0.2) is 23.1 Å². The van der Waals surface area contributed by atoms with E-state index in [2.05, 4.69) is 16.9 Å². The minimum absolute atomic E-state index is 1.10. The zero-order valence-corrected chi connectivity index (χ0v) is 4.20. The third kappa shape index (κ3) is 5.10. The molecule has 0 aliphatic rings. The van der Waals surface area contributed by atoms with Crippen LogP contribution in [0.4, 0.5) is 0 Å². The van der Waals surface area contributed by atoms with Crippen LogP contribution in [0.2, 0.25) is 0 Å². The molecule has 0 amide bonds. The molecule has 0 spiro atoms. The highest BCUT2D eigenvalue weighted by atomic mass is 15.7. The fourth-order valence-corrected chi connectivity index (χ4v) is 0.118. The molecule has 0 aromatic rings. The van der Waals surface area contributed by atoms with E-state index in [0.29, 0.717) is 0 Å². The van der Waals surface area contributed by atoms with Crippen LogP contribution in [0.25, 0.3) is 0 Å². The van der Waals surface area contributed by atoms with Gasteiger partial charge in [0, 0.05) is 13.2 Å². The maximum Gasteiger partial charge on any atom is 0.0441 e. The molecule has 0 rings (SSSR count). The molecule has 0 aliphatic carbocycles. The van der Waals surface area contributed by atoms with Gasteiger partial charge in [0.2, 0.25) is 0 Å². The average molecular weight is 100 g/mol. The Bertz CT molecular complexity index is 75.0. The van der Waals surface area contributed by atoms with Crippen molar-refractivity contribution in [1.82, 2.24) is 5.12 Å². The highest BCUT2D eigenvalue weighted by molar-refractivity contribution is 4.55. The van der Waals surface area contributed by atoms with E-state index in [1.165, 1.54) is 6.20 Å². The predicted octanol–water partition coefficient (Wildman–Crippen LogP) is 0.303. The molecule has 0 aromatic heterocycles. The molecule has 0 heterocycles. The van der Waals surface area contributed by atoms with E-state index < -0.39 is 0 Å². The van der Waals surface area contributed by atoms with Gasteiger partial charge < -0.3 is 0 Å². The fourth-order valence-electron chi connectivity index (χ4n) is 0.118. The summed E-state index contributed by atoms with van der Waals surface area (Å²) in [5, 5.41) is 7.82. The first-order valence-electron chi connectivity index (χ1n) is 1.77. The van der Waals surface area contributed by atoms with Crippen LogP contribution in [0.3, 0.4) is 0 Å². The van der Waals surface area contributed by atoms with Crippen molar-refractivity contribution in [2.45, 2.75) is 0 Å². The van der Waals surface area contributed by atoms with Crippen LogP contribution in [0, 0.1) is 0 Å². The smallest absolute Gasteiger partial charge is 0.0441 e. The zero-order valence-electron chi connectivity index (χ0n) is 4.20. The second-order valence-corrected chi connectivity index (χ2v) is 0.961. The first-order valence-corrected chi connectivity index (χ1v) is 1.77. The minimum Gasteiger partial charge on any atom is -0.230 e. The third-order valence-electron chi connectivity index (χ3n) is 0.274. The van der Waals surface area contributed by atoms with Gasteiger partial charge >= 0.3 is 0 Å². The van der Waals surface area contributed by atoms with Crippen molar-refractivity contribution in [2.24, 2.45) is 16.2 Å². The molecule has 40 valence electrons. The molecular formula is C3H8N4. The van der Waals surface area contributed by atoms with Crippen molar-refractivity contribution >= 4 is 0 Å². The Labute approximate surface area is 42.3 Å². The lowest BCUT2D eigenvalue weighted by atomic mass is 11.1. The third-order valence-corrected chi connectivity index (χ3v) is 0.274. The molecule has 4 nitrogen and oxygen atoms in total. The van der Waals surface area contributed by atoms with Crippen LogP contribution in [-0.4, -0.2) is 12.2 Å². The minimum atomic E-state index is 1.10. The summed E-state index contributed by atoms with van der Waals surface area (Å²) in [5.41, 5.74) is 0. The van der Waals surface area contributed by atoms with Crippen LogP contribution in [-0.2, 0) is 0 Å². The monoisotopic (exact) mass is 100 g/mol. The van der Waals surface area contributed by atoms with Crippen molar-refractivity contribution in [3.8, 4) is 0 Å². The number of hydrogen-bond donors (Lipinski definition) is 1. The Morgan fingerprint density at radius 2 is 2.43 bits per heavy atom. The lowest BCUT2D eigenvalue weighted by Crippen LogP contribution is -2.17. The molecule has 4 heteroatoms. The summed E-state index contributed by atoms with van der Waals surface area (Å²) in [4.78, 5) is 0. The summed E-state index contributed by atoms with van der Waals surface area (Å²) in [6.45, 7) is 3.29. The second kappa shape index (κ2) is 3.30. The lowest BCUT2D eigenvalue weighted by Gasteiger charge is -1.96. The number of nitrogens with two attached hydrogens (primary N) is 1. The topological polar surface area (TPSA) is 54.0 Å². The maximum atomic E-state index is 5.00. The molecule has 0 saturated heterocycles. The largest absolute Gasteiger partial charge is 0.230 e. The van der Waals surface area contributed by atoms with E-state index in [1.54, 1.807) is 7.05 Å². The SMILES string of the molecule is C=CN=NN(C)N. The summed E-state index contributed by atoms with van der Waals surface area (Å²) < 4.78 is 0. The van der Waals surface area contributed by atoms with Gasteiger partial charge in [-0.1, -0.05) is 11.8 Å². The van der Waals surface area contributed by atoms with Crippen LogP contribution >= 0.6 is 0 Å². The number of hydrogen-bond acceptors (Lipinski definition) is 3. The summed E-state index contributed by atoms with van der Waals surface area (Å²) in [5.74, 6) is 5.00. The number of rotatable bonds is 2. The zero-order chi connectivity index (χ0) is 5.70. The Balaban J connectivity index is 3.25. The predicted molar refractivity (Wildman–Crippen MR) is 27.0 cm³/mol. The number of hydrazine groups is 1. The van der Waals surface area contributed by atoms with Gasteiger partial charge in [-0.15, -0.1) is 5.11 Å². The van der Waals surface area contributed by atoms with Crippen molar-refractivity contribution in [3.63, 3.8) is 0 Å². The van der Waals surface area contributed by atoms with E-state index in [-0.39, 0.29) is 0 Å². The van der Waals surface area contributed by atoms with Crippen molar-refractivity contribution in [1.29, 1.82) is 0 Å². The first-order chi connectivity index (χ1) is 3.27. The van der Waals surface area contributed by atoms with E-state index in [9.17, 15) is 0 Å². The summed E-state index contributed by atoms with van der Waals surface area (Å²) in [6.07, 6.45) is 1.31. The van der Waals surface area contributed by atoms with Gasteiger partial charge in [-0.05, 0) is 0 Å². The quantitative estimate of drug-likeness (QED) is 0.308. The van der Waals surface area contributed by atoms with E-state index in [0.717, 1.165) is 5.12 Å². The lowest BCUT2D eigenvalue weighted by molar-refractivity contribution is 0.346. The Kier molecular flexibility index (Phi) is 2.87. The molecule has 0 saturated carbocycles. The standard InChI is InChI=1S/C3H8N4/c1-3-5-6-7(2)4/h3H,1,4H2,2H3. The Morgan fingerprint density at radius 3 is 2.57 bits per heavy atom. The van der Waals surface area contributed by atoms with Gasteiger partial charge in [-0.25, -0.2) is 11.0 Å². The van der Waals surface area contributed by atoms with Gasteiger partial charge in [0.05, 0.1) is 0 Å². The van der Waals surface area contributed by atoms with Crippen LogP contribution < -0.4 is 5.84 Å². The molecule has 0 aliphatic heterocycles. The summed E-state index contributed by atoms with van der Waals surface area (Å²) in [6, 6.07) is 0. The highest BCUT2D eigenvalue weighted by Gasteiger charge is 1.69. The van der Waals surface area contributed by atoms with E-state index in [4.69, 9.17) is 5.84 Å². The van der Waals surface area contributed by atoms with Gasteiger partial charge in [0.15, 0.2) is 0 Å². The van der Waals surface area contributed by atoms with Gasteiger partial charge in [0.25, 0.3) is 0 Å². The molecule has 0 radical (unpaired) electrons. The first kappa shape index (κ1) is 6.10. The molecular weight excluding hydrogens is 92.1 g/mol. The second-order valence-electron chi connectivity index (χ2n) is 0.961. The highest BCUT2D eigenvalue weighted by Crippen LogP contribution is 1.73. The van der Waals surface area contributed by atoms with Crippen LogP contribution in [0.5, 0.6) is 0 Å². The van der Waals surface area contributed by atoms with Crippen molar-refractivity contribution < 1.29 is 0 Å². The number of nitrogens with zero attached hydrogens (tertiary/aromatic N) is 3. The average Bonchev–Trinajstić information content (AvgIpc) is 1.61. The maximum absolute atomic E-state index is 5.00. The normalized spacial score (nSPS) is 9.43. The molecule has 2 N–H and O–H groups in total. The van der Waals surface area contributed by atoms with E-state index in [1.807, 2.05) is 0 Å². The summed E-state index contributed by atoms with van der Waals surface area (Å²) >= 11 is 0. The molecule has 7 heavy (non-hydrogen) atoms. The van der Waals surface area contributed by atoms with Gasteiger partial charge in [-0.3, -0.25) is 0 Å². The van der Waals surface area contributed by atoms with E-state index >= 15 is 0 Å². The van der Waals surface area contributed by atoms with Crippen molar-refractivity contribution in [3.05, 3.63) is 12.8 Å². The van der Waals surface area contributed by atoms with Crippen molar-refractivity contribution in [2.75, 3.05) is 7.05 Å². The molecule has 0 aromatic carbocycles. The molecule has 0 unspecified atom stereocenters. The summed E-state index contributed by atoms with van der Waals surface area (Å²) in [7, 11) is 1.58. The molecule has 0 fully saturated rings.